The minimum atomic E-state index is -0.263. The molecule has 27 heavy (non-hydrogen) atoms. The first-order chi connectivity index (χ1) is 13.1. The molecule has 0 saturated heterocycles. The lowest BCUT2D eigenvalue weighted by molar-refractivity contribution is 0.0601. The van der Waals surface area contributed by atoms with Crippen molar-refractivity contribution in [3.8, 4) is 11.1 Å². The highest BCUT2D eigenvalue weighted by molar-refractivity contribution is 7.56. The number of carbonyl (C=O) groups is 1. The number of hydrogen-bond donors (Lipinski definition) is 0. The molecule has 1 aliphatic rings. The van der Waals surface area contributed by atoms with E-state index < -0.39 is 0 Å². The maximum atomic E-state index is 12.3. The Morgan fingerprint density at radius 3 is 2.52 bits per heavy atom. The Morgan fingerprint density at radius 1 is 1.07 bits per heavy atom. The van der Waals surface area contributed by atoms with E-state index in [9.17, 15) is 4.79 Å². The summed E-state index contributed by atoms with van der Waals surface area (Å²) in [5.74, 6) is 0.667. The van der Waals surface area contributed by atoms with Crippen LogP contribution in [0.5, 0.6) is 0 Å². The molecule has 2 nitrogen and oxygen atoms in total. The predicted octanol–water partition coefficient (Wildman–Crippen LogP) is 6.64. The van der Waals surface area contributed by atoms with Gasteiger partial charge >= 0.3 is 5.97 Å². The molecule has 0 amide bonds. The number of esters is 1. The van der Waals surface area contributed by atoms with Gasteiger partial charge < -0.3 is 4.74 Å². The monoisotopic (exact) mass is 382 g/mol. The summed E-state index contributed by atoms with van der Waals surface area (Å²) in [6.45, 7) is 4.53. The van der Waals surface area contributed by atoms with E-state index in [1.165, 1.54) is 56.5 Å². The molecule has 0 aliphatic heterocycles. The van der Waals surface area contributed by atoms with Crippen LogP contribution in [0.3, 0.4) is 0 Å². The second kappa shape index (κ2) is 9.51. The van der Waals surface area contributed by atoms with Gasteiger partial charge in [-0.2, -0.15) is 0 Å². The van der Waals surface area contributed by atoms with Crippen LogP contribution in [0.15, 0.2) is 42.5 Å². The third-order valence-electron chi connectivity index (χ3n) is 5.67. The third-order valence-corrected chi connectivity index (χ3v) is 7.72. The normalized spacial score (nSPS) is 16.1. The zero-order valence-electron chi connectivity index (χ0n) is 16.8. The van der Waals surface area contributed by atoms with E-state index >= 15 is 0 Å². The molecule has 0 heterocycles. The summed E-state index contributed by atoms with van der Waals surface area (Å²) in [6.07, 6.45) is 9.61. The minimum absolute atomic E-state index is 0.0134. The van der Waals surface area contributed by atoms with E-state index in [4.69, 9.17) is 4.74 Å². The molecule has 1 unspecified atom stereocenters. The fraction of sp³-hybridized carbons (Fsp3) is 0.458. The van der Waals surface area contributed by atoms with Gasteiger partial charge in [0.05, 0.1) is 12.7 Å². The number of hydrogen-bond acceptors (Lipinski definition) is 2. The molecule has 3 heteroatoms. The zero-order chi connectivity index (χ0) is 19.2. The van der Waals surface area contributed by atoms with Gasteiger partial charge in [0.2, 0.25) is 0 Å². The highest BCUT2D eigenvalue weighted by atomic mass is 31.1. The Hall–Kier alpha value is -1.66. The van der Waals surface area contributed by atoms with E-state index in [2.05, 4.69) is 37.9 Å². The average Bonchev–Trinajstić information content (AvgIpc) is 2.68. The summed E-state index contributed by atoms with van der Waals surface area (Å²) in [7, 11) is 1.44. The second-order valence-electron chi connectivity index (χ2n) is 7.89. The quantitative estimate of drug-likeness (QED) is 0.413. The molecule has 1 atom stereocenters. The Labute approximate surface area is 165 Å². The van der Waals surface area contributed by atoms with Gasteiger partial charge in [-0.05, 0) is 66.2 Å². The summed E-state index contributed by atoms with van der Waals surface area (Å²) >= 11 is 0. The standard InChI is InChI=1S/C24H31O2P/c1-18-9-7-8-12-21(18)23-15-20(13-14-22(23)24(25)26-2)17-27(3)16-19-10-5-4-6-11-19/h7-9,12-15,19H,4-6,10-11,16-17H2,1-3H3. The fourth-order valence-corrected chi connectivity index (χ4v) is 6.46. The Balaban J connectivity index is 1.83. The maximum Gasteiger partial charge on any atom is 0.338 e. The molecular weight excluding hydrogens is 351 g/mol. The smallest absolute Gasteiger partial charge is 0.338 e. The zero-order valence-corrected chi connectivity index (χ0v) is 17.7. The first-order valence-corrected chi connectivity index (χ1v) is 12.2. The van der Waals surface area contributed by atoms with Crippen LogP contribution in [0.4, 0.5) is 0 Å². The van der Waals surface area contributed by atoms with E-state index in [0.717, 1.165) is 23.2 Å². The van der Waals surface area contributed by atoms with Crippen molar-refractivity contribution in [2.45, 2.75) is 45.2 Å². The molecule has 0 radical (unpaired) electrons. The van der Waals surface area contributed by atoms with E-state index in [1.54, 1.807) is 0 Å². The van der Waals surface area contributed by atoms with Gasteiger partial charge in [-0.1, -0.05) is 62.4 Å². The molecule has 0 aromatic heterocycles. The van der Waals surface area contributed by atoms with E-state index in [1.807, 2.05) is 18.2 Å². The summed E-state index contributed by atoms with van der Waals surface area (Å²) in [6, 6.07) is 14.5. The lowest BCUT2D eigenvalue weighted by Gasteiger charge is -2.25. The van der Waals surface area contributed by atoms with Crippen LogP contribution in [0, 0.1) is 12.8 Å². The number of benzene rings is 2. The SMILES string of the molecule is COC(=O)c1ccc(CP(C)CC2CCCCC2)cc1-c1ccccc1C. The van der Waals surface area contributed by atoms with Crippen LogP contribution < -0.4 is 0 Å². The first-order valence-electron chi connectivity index (χ1n) is 10.0. The molecule has 0 spiro atoms. The van der Waals surface area contributed by atoms with Crippen LogP contribution in [-0.4, -0.2) is 25.9 Å². The predicted molar refractivity (Wildman–Crippen MR) is 116 cm³/mol. The summed E-state index contributed by atoms with van der Waals surface area (Å²) in [4.78, 5) is 12.3. The minimum Gasteiger partial charge on any atom is -0.465 e. The molecule has 144 valence electrons. The van der Waals surface area contributed by atoms with E-state index in [0.29, 0.717) is 5.56 Å². The van der Waals surface area contributed by atoms with Crippen molar-refractivity contribution < 1.29 is 9.53 Å². The van der Waals surface area contributed by atoms with Crippen LogP contribution >= 0.6 is 7.92 Å². The summed E-state index contributed by atoms with van der Waals surface area (Å²) in [5.41, 5.74) is 5.29. The van der Waals surface area contributed by atoms with Crippen LogP contribution in [0.1, 0.15) is 53.6 Å². The Bertz CT molecular complexity index is 778. The molecule has 3 rings (SSSR count). The van der Waals surface area contributed by atoms with Crippen LogP contribution in [0.25, 0.3) is 11.1 Å². The molecule has 1 aliphatic carbocycles. The Kier molecular flexibility index (Phi) is 7.07. The van der Waals surface area contributed by atoms with Crippen LogP contribution in [0.2, 0.25) is 0 Å². The van der Waals surface area contributed by atoms with Gasteiger partial charge in [-0.15, -0.1) is 7.92 Å². The molecule has 1 saturated carbocycles. The van der Waals surface area contributed by atoms with Crippen LogP contribution in [-0.2, 0) is 10.9 Å². The third kappa shape index (κ3) is 5.20. The number of carbonyl (C=O) groups excluding carboxylic acids is 1. The highest BCUT2D eigenvalue weighted by Crippen LogP contribution is 2.42. The van der Waals surface area contributed by atoms with Gasteiger partial charge in [0.25, 0.3) is 0 Å². The molecule has 2 aromatic rings. The summed E-state index contributed by atoms with van der Waals surface area (Å²) < 4.78 is 5.02. The number of rotatable bonds is 6. The molecule has 2 aromatic carbocycles. The number of methoxy groups -OCH3 is 1. The fourth-order valence-electron chi connectivity index (χ4n) is 4.26. The van der Waals surface area contributed by atoms with Gasteiger partial charge in [0, 0.05) is 0 Å². The number of aryl methyl sites for hydroxylation is 1. The lowest BCUT2D eigenvalue weighted by atomic mass is 9.91. The summed E-state index contributed by atoms with van der Waals surface area (Å²) in [5, 5.41) is 0. The van der Waals surface area contributed by atoms with Gasteiger partial charge in [-0.25, -0.2) is 4.79 Å². The second-order valence-corrected chi connectivity index (χ2v) is 10.3. The van der Waals surface area contributed by atoms with Crippen molar-refractivity contribution >= 4 is 13.9 Å². The van der Waals surface area contributed by atoms with Crippen molar-refractivity contribution in [2.24, 2.45) is 5.92 Å². The average molecular weight is 382 g/mol. The Morgan fingerprint density at radius 2 is 1.81 bits per heavy atom. The van der Waals surface area contributed by atoms with Crippen molar-refractivity contribution in [3.05, 3.63) is 59.2 Å². The highest BCUT2D eigenvalue weighted by Gasteiger charge is 2.19. The maximum absolute atomic E-state index is 12.3. The first kappa shape index (κ1) is 20.1. The van der Waals surface area contributed by atoms with Gasteiger partial charge in [0.15, 0.2) is 0 Å². The van der Waals surface area contributed by atoms with Crippen molar-refractivity contribution in [2.75, 3.05) is 19.9 Å². The van der Waals surface area contributed by atoms with Gasteiger partial charge in [-0.3, -0.25) is 0 Å². The largest absolute Gasteiger partial charge is 0.465 e. The van der Waals surface area contributed by atoms with Crippen molar-refractivity contribution in [1.82, 2.24) is 0 Å². The van der Waals surface area contributed by atoms with E-state index in [-0.39, 0.29) is 13.9 Å². The number of ether oxygens (including phenoxy) is 1. The molecule has 1 fully saturated rings. The molecule has 0 N–H and O–H groups in total. The topological polar surface area (TPSA) is 26.3 Å². The van der Waals surface area contributed by atoms with Crippen molar-refractivity contribution in [3.63, 3.8) is 0 Å². The lowest BCUT2D eigenvalue weighted by Crippen LogP contribution is -2.10. The molecular formula is C24H31O2P. The van der Waals surface area contributed by atoms with Gasteiger partial charge in [0.1, 0.15) is 0 Å². The van der Waals surface area contributed by atoms with Crippen molar-refractivity contribution in [1.29, 1.82) is 0 Å². The molecule has 0 bridgehead atoms.